The largest absolute Gasteiger partial charge is 0.492 e. The smallest absolute Gasteiger partial charge is 0.310 e. The maximum atomic E-state index is 13.0. The molecular formula is C17H20FNO4S. The highest BCUT2D eigenvalue weighted by Gasteiger charge is 2.14. The molecule has 2 aromatic carbocycles. The summed E-state index contributed by atoms with van der Waals surface area (Å²) in [6.07, 6.45) is 0. The van der Waals surface area contributed by atoms with Crippen molar-refractivity contribution in [3.05, 3.63) is 60.4 Å². The van der Waals surface area contributed by atoms with Gasteiger partial charge in [-0.05, 0) is 31.3 Å². The maximum absolute atomic E-state index is 13.0. The van der Waals surface area contributed by atoms with Gasteiger partial charge in [0.05, 0.1) is 5.75 Å². The van der Waals surface area contributed by atoms with Crippen molar-refractivity contribution in [1.82, 2.24) is 4.90 Å². The van der Waals surface area contributed by atoms with Crippen LogP contribution in [-0.2, 0) is 10.1 Å². The van der Waals surface area contributed by atoms with E-state index >= 15 is 0 Å². The van der Waals surface area contributed by atoms with Gasteiger partial charge in [-0.3, -0.25) is 0 Å². The van der Waals surface area contributed by atoms with Gasteiger partial charge in [0, 0.05) is 19.2 Å². The SMILES string of the molecule is CN(CCOc1cccc(F)c1)CCS(=O)(=O)Oc1ccccc1. The van der Waals surface area contributed by atoms with Gasteiger partial charge in [0.25, 0.3) is 0 Å². The minimum Gasteiger partial charge on any atom is -0.492 e. The highest BCUT2D eigenvalue weighted by atomic mass is 32.2. The summed E-state index contributed by atoms with van der Waals surface area (Å²) in [5.74, 6) is 0.265. The zero-order valence-corrected chi connectivity index (χ0v) is 14.2. The van der Waals surface area contributed by atoms with Crippen molar-refractivity contribution in [3.8, 4) is 11.5 Å². The second-order valence-corrected chi connectivity index (χ2v) is 6.96. The van der Waals surface area contributed by atoms with Crippen LogP contribution >= 0.6 is 0 Å². The lowest BCUT2D eigenvalue weighted by Gasteiger charge is -2.17. The van der Waals surface area contributed by atoms with Crippen LogP contribution in [0, 0.1) is 5.82 Å². The average Bonchev–Trinajstić information content (AvgIpc) is 2.54. The molecule has 7 heteroatoms. The first-order valence-electron chi connectivity index (χ1n) is 7.49. The number of hydrogen-bond acceptors (Lipinski definition) is 5. The van der Waals surface area contributed by atoms with Crippen molar-refractivity contribution in [2.24, 2.45) is 0 Å². The molecule has 0 spiro atoms. The summed E-state index contributed by atoms with van der Waals surface area (Å²) < 4.78 is 47.3. The summed E-state index contributed by atoms with van der Waals surface area (Å²) in [6.45, 7) is 1.15. The van der Waals surface area contributed by atoms with Crippen LogP contribution in [0.2, 0.25) is 0 Å². The van der Waals surface area contributed by atoms with Crippen molar-refractivity contribution in [1.29, 1.82) is 0 Å². The van der Waals surface area contributed by atoms with E-state index in [1.807, 2.05) is 4.90 Å². The first-order valence-corrected chi connectivity index (χ1v) is 9.06. The number of nitrogens with zero attached hydrogens (tertiary/aromatic N) is 1. The number of rotatable bonds is 9. The summed E-state index contributed by atoms with van der Waals surface area (Å²) in [6, 6.07) is 14.3. The monoisotopic (exact) mass is 353 g/mol. The van der Waals surface area contributed by atoms with E-state index in [-0.39, 0.29) is 11.6 Å². The number of ether oxygens (including phenoxy) is 1. The third-order valence-electron chi connectivity index (χ3n) is 3.23. The second-order valence-electron chi connectivity index (χ2n) is 5.27. The fraction of sp³-hybridized carbons (Fsp3) is 0.294. The molecule has 0 aliphatic rings. The van der Waals surface area contributed by atoms with E-state index in [1.54, 1.807) is 49.5 Å². The molecule has 0 fully saturated rings. The van der Waals surface area contributed by atoms with Gasteiger partial charge in [-0.15, -0.1) is 0 Å². The minimum atomic E-state index is -3.64. The third kappa shape index (κ3) is 6.55. The fourth-order valence-electron chi connectivity index (χ4n) is 1.92. The van der Waals surface area contributed by atoms with Gasteiger partial charge in [0.1, 0.15) is 23.9 Å². The van der Waals surface area contributed by atoms with Gasteiger partial charge in [-0.2, -0.15) is 8.42 Å². The summed E-state index contributed by atoms with van der Waals surface area (Å²) in [5.41, 5.74) is 0. The summed E-state index contributed by atoms with van der Waals surface area (Å²) in [4.78, 5) is 1.81. The summed E-state index contributed by atoms with van der Waals surface area (Å²) in [7, 11) is -1.86. The molecule has 0 saturated heterocycles. The Morgan fingerprint density at radius 3 is 2.42 bits per heavy atom. The number of para-hydroxylation sites is 1. The number of halogens is 1. The molecule has 0 aliphatic carbocycles. The summed E-state index contributed by atoms with van der Waals surface area (Å²) in [5, 5.41) is 0. The van der Waals surface area contributed by atoms with Crippen LogP contribution in [0.5, 0.6) is 11.5 Å². The quantitative estimate of drug-likeness (QED) is 0.649. The lowest BCUT2D eigenvalue weighted by atomic mass is 10.3. The van der Waals surface area contributed by atoms with Crippen molar-refractivity contribution < 1.29 is 21.7 Å². The number of hydrogen-bond donors (Lipinski definition) is 0. The molecule has 0 bridgehead atoms. The predicted octanol–water partition coefficient (Wildman–Crippen LogP) is 2.55. The molecule has 2 rings (SSSR count). The lowest BCUT2D eigenvalue weighted by Crippen LogP contribution is -2.30. The zero-order chi connectivity index (χ0) is 17.4. The first-order chi connectivity index (χ1) is 11.4. The van der Waals surface area contributed by atoms with Crippen LogP contribution in [0.4, 0.5) is 4.39 Å². The van der Waals surface area contributed by atoms with Crippen molar-refractivity contribution in [2.75, 3.05) is 32.5 Å². The molecular weight excluding hydrogens is 333 g/mol. The fourth-order valence-corrected chi connectivity index (χ4v) is 2.94. The molecule has 0 saturated carbocycles. The summed E-state index contributed by atoms with van der Waals surface area (Å²) >= 11 is 0. The Hall–Kier alpha value is -2.12. The molecule has 2 aromatic rings. The van der Waals surface area contributed by atoms with Gasteiger partial charge in [-0.1, -0.05) is 24.3 Å². The normalized spacial score (nSPS) is 11.5. The molecule has 0 atom stereocenters. The zero-order valence-electron chi connectivity index (χ0n) is 13.4. The molecule has 24 heavy (non-hydrogen) atoms. The van der Waals surface area contributed by atoms with E-state index in [0.29, 0.717) is 31.2 Å². The van der Waals surface area contributed by atoms with E-state index < -0.39 is 10.1 Å². The Bertz CT molecular complexity index is 737. The maximum Gasteiger partial charge on any atom is 0.310 e. The first kappa shape index (κ1) is 18.2. The average molecular weight is 353 g/mol. The van der Waals surface area contributed by atoms with Gasteiger partial charge < -0.3 is 13.8 Å². The van der Waals surface area contributed by atoms with E-state index in [1.165, 1.54) is 12.1 Å². The Morgan fingerprint density at radius 2 is 1.71 bits per heavy atom. The molecule has 0 heterocycles. The van der Waals surface area contributed by atoms with Crippen LogP contribution in [0.25, 0.3) is 0 Å². The molecule has 0 amide bonds. The van der Waals surface area contributed by atoms with Crippen LogP contribution < -0.4 is 8.92 Å². The number of benzene rings is 2. The lowest BCUT2D eigenvalue weighted by molar-refractivity contribution is 0.243. The molecule has 130 valence electrons. The van der Waals surface area contributed by atoms with Gasteiger partial charge in [0.2, 0.25) is 0 Å². The van der Waals surface area contributed by atoms with Crippen LogP contribution in [-0.4, -0.2) is 45.8 Å². The molecule has 0 radical (unpaired) electrons. The number of likely N-dealkylation sites (N-methyl/N-ethyl adjacent to an activating group) is 1. The molecule has 0 aliphatic heterocycles. The standard InChI is InChI=1S/C17H20FNO4S/c1-19(10-12-22-17-9-5-6-15(18)14-17)11-13-24(20,21)23-16-7-3-2-4-8-16/h2-9,14H,10-13H2,1H3. The van der Waals surface area contributed by atoms with E-state index in [2.05, 4.69) is 0 Å². The Labute approximate surface area is 141 Å². The van der Waals surface area contributed by atoms with E-state index in [9.17, 15) is 12.8 Å². The highest BCUT2D eigenvalue weighted by molar-refractivity contribution is 7.87. The van der Waals surface area contributed by atoms with Crippen LogP contribution in [0.1, 0.15) is 0 Å². The Balaban J connectivity index is 1.71. The predicted molar refractivity (Wildman–Crippen MR) is 90.2 cm³/mol. The molecule has 5 nitrogen and oxygen atoms in total. The van der Waals surface area contributed by atoms with E-state index in [4.69, 9.17) is 8.92 Å². The Kier molecular flexibility index (Phi) is 6.57. The highest BCUT2D eigenvalue weighted by Crippen LogP contribution is 2.12. The minimum absolute atomic E-state index is 0.127. The Morgan fingerprint density at radius 1 is 1.00 bits per heavy atom. The van der Waals surface area contributed by atoms with Crippen molar-refractivity contribution in [2.45, 2.75) is 0 Å². The topological polar surface area (TPSA) is 55.8 Å². The van der Waals surface area contributed by atoms with Crippen LogP contribution in [0.15, 0.2) is 54.6 Å². The van der Waals surface area contributed by atoms with Gasteiger partial charge in [-0.25, -0.2) is 4.39 Å². The van der Waals surface area contributed by atoms with Gasteiger partial charge >= 0.3 is 10.1 Å². The van der Waals surface area contributed by atoms with Gasteiger partial charge in [0.15, 0.2) is 0 Å². The second kappa shape index (κ2) is 8.65. The third-order valence-corrected chi connectivity index (χ3v) is 4.36. The molecule has 0 unspecified atom stereocenters. The van der Waals surface area contributed by atoms with Crippen molar-refractivity contribution in [3.63, 3.8) is 0 Å². The van der Waals surface area contributed by atoms with Crippen LogP contribution in [0.3, 0.4) is 0 Å². The molecule has 0 aromatic heterocycles. The van der Waals surface area contributed by atoms with Crippen molar-refractivity contribution >= 4 is 10.1 Å². The van der Waals surface area contributed by atoms with E-state index in [0.717, 1.165) is 0 Å². The molecule has 0 N–H and O–H groups in total.